The molecule has 2 bridgehead atoms. The van der Waals surface area contributed by atoms with E-state index in [0.29, 0.717) is 19.6 Å². The zero-order chi connectivity index (χ0) is 19.3. The van der Waals surface area contributed by atoms with E-state index < -0.39 is 23.8 Å². The lowest BCUT2D eigenvalue weighted by molar-refractivity contribution is 0.0300. The number of amides is 1. The second-order valence-electron chi connectivity index (χ2n) is 7.36. The summed E-state index contributed by atoms with van der Waals surface area (Å²) in [7, 11) is 0. The monoisotopic (exact) mass is 391 g/mol. The summed E-state index contributed by atoms with van der Waals surface area (Å²) in [5.74, 6) is -1.38. The lowest BCUT2D eigenvalue weighted by Crippen LogP contribution is -2.43. The van der Waals surface area contributed by atoms with Gasteiger partial charge in [0.05, 0.1) is 37.2 Å². The lowest BCUT2D eigenvalue weighted by Gasteiger charge is -2.34. The van der Waals surface area contributed by atoms with Crippen molar-refractivity contribution in [3.05, 3.63) is 36.2 Å². The van der Waals surface area contributed by atoms with Crippen LogP contribution in [0.3, 0.4) is 0 Å². The first-order valence-corrected chi connectivity index (χ1v) is 9.28. The number of carbonyl (C=O) groups excluding carboxylic acids is 1. The predicted molar refractivity (Wildman–Crippen MR) is 94.1 cm³/mol. The van der Waals surface area contributed by atoms with E-state index in [2.05, 4.69) is 10.3 Å². The van der Waals surface area contributed by atoms with Crippen molar-refractivity contribution in [2.24, 2.45) is 0 Å². The molecule has 0 aliphatic carbocycles. The van der Waals surface area contributed by atoms with Gasteiger partial charge >= 0.3 is 6.09 Å². The van der Waals surface area contributed by atoms with E-state index in [9.17, 15) is 13.6 Å². The molecular formula is C18H19F2N5O3. The zero-order valence-corrected chi connectivity index (χ0v) is 15.0. The van der Waals surface area contributed by atoms with Gasteiger partial charge in [0.25, 0.3) is 0 Å². The number of anilines is 2. The Morgan fingerprint density at radius 2 is 1.82 bits per heavy atom. The molecule has 3 unspecified atom stereocenters. The lowest BCUT2D eigenvalue weighted by atomic mass is 10.2. The van der Waals surface area contributed by atoms with Crippen LogP contribution in [0.4, 0.5) is 25.0 Å². The van der Waals surface area contributed by atoms with Gasteiger partial charge in [-0.2, -0.15) is 0 Å². The van der Waals surface area contributed by atoms with E-state index in [0.717, 1.165) is 12.8 Å². The maximum Gasteiger partial charge on any atom is 0.414 e. The van der Waals surface area contributed by atoms with Crippen molar-refractivity contribution < 1.29 is 23.0 Å². The highest BCUT2D eigenvalue weighted by atomic mass is 19.1. The van der Waals surface area contributed by atoms with Crippen LogP contribution < -0.4 is 9.80 Å². The van der Waals surface area contributed by atoms with Crippen LogP contribution in [-0.2, 0) is 16.0 Å². The topological polar surface area (TPSA) is 72.7 Å². The fourth-order valence-electron chi connectivity index (χ4n) is 4.17. The number of halogens is 2. The highest BCUT2D eigenvalue weighted by molar-refractivity contribution is 5.90. The number of morpholine rings is 1. The summed E-state index contributed by atoms with van der Waals surface area (Å²) >= 11 is 0. The number of hydrogen-bond acceptors (Lipinski definition) is 6. The molecule has 1 aromatic carbocycles. The van der Waals surface area contributed by atoms with Crippen LogP contribution in [0, 0.1) is 11.6 Å². The Kier molecular flexibility index (Phi) is 4.15. The molecule has 1 amide bonds. The predicted octanol–water partition coefficient (Wildman–Crippen LogP) is 1.95. The first-order chi connectivity index (χ1) is 13.6. The number of nitrogens with zero attached hydrogens (tertiary/aromatic N) is 5. The molecule has 0 spiro atoms. The fourth-order valence-corrected chi connectivity index (χ4v) is 4.17. The number of cyclic esters (lactones) is 1. The molecule has 28 heavy (non-hydrogen) atoms. The summed E-state index contributed by atoms with van der Waals surface area (Å²) in [6.07, 6.45) is 3.92. The highest BCUT2D eigenvalue weighted by Gasteiger charge is 2.37. The first-order valence-electron chi connectivity index (χ1n) is 9.28. The second-order valence-corrected chi connectivity index (χ2v) is 7.36. The third kappa shape index (κ3) is 3.07. The number of benzene rings is 1. The van der Waals surface area contributed by atoms with E-state index in [4.69, 9.17) is 9.47 Å². The second kappa shape index (κ2) is 6.69. The third-order valence-corrected chi connectivity index (χ3v) is 5.41. The average Bonchev–Trinajstić information content (AvgIpc) is 3.36. The Morgan fingerprint density at radius 1 is 1.11 bits per heavy atom. The van der Waals surface area contributed by atoms with Crippen molar-refractivity contribution in [1.29, 1.82) is 0 Å². The van der Waals surface area contributed by atoms with Gasteiger partial charge in [0.2, 0.25) is 0 Å². The Bertz CT molecular complexity index is 858. The minimum atomic E-state index is -0.691. The molecule has 3 fully saturated rings. The Balaban J connectivity index is 1.35. The molecule has 0 saturated carbocycles. The first kappa shape index (κ1) is 17.4. The highest BCUT2D eigenvalue weighted by Crippen LogP contribution is 2.35. The van der Waals surface area contributed by atoms with Crippen LogP contribution >= 0.6 is 0 Å². The summed E-state index contributed by atoms with van der Waals surface area (Å²) in [4.78, 5) is 15.1. The van der Waals surface area contributed by atoms with Crippen molar-refractivity contribution in [3.8, 4) is 0 Å². The van der Waals surface area contributed by atoms with Crippen LogP contribution in [0.5, 0.6) is 0 Å². The van der Waals surface area contributed by atoms with Gasteiger partial charge < -0.3 is 14.4 Å². The smallest absolute Gasteiger partial charge is 0.414 e. The fraction of sp³-hybridized carbons (Fsp3) is 0.500. The molecule has 0 N–H and O–H groups in total. The normalized spacial score (nSPS) is 26.8. The van der Waals surface area contributed by atoms with Gasteiger partial charge in [-0.15, -0.1) is 5.10 Å². The minimum absolute atomic E-state index is 0.0170. The maximum absolute atomic E-state index is 14.8. The molecule has 1 aromatic heterocycles. The summed E-state index contributed by atoms with van der Waals surface area (Å²) < 4.78 is 42.2. The number of aromatic nitrogens is 3. The van der Waals surface area contributed by atoms with Crippen LogP contribution in [-0.4, -0.2) is 59.0 Å². The molecule has 10 heteroatoms. The van der Waals surface area contributed by atoms with Crippen LogP contribution in [0.15, 0.2) is 24.5 Å². The van der Waals surface area contributed by atoms with Crippen LogP contribution in [0.2, 0.25) is 0 Å². The number of fused-ring (bicyclic) bond motifs is 2. The molecule has 3 aliphatic rings. The van der Waals surface area contributed by atoms with E-state index >= 15 is 0 Å². The van der Waals surface area contributed by atoms with Gasteiger partial charge in [-0.3, -0.25) is 4.90 Å². The van der Waals surface area contributed by atoms with Crippen molar-refractivity contribution in [2.75, 3.05) is 29.4 Å². The number of carbonyl (C=O) groups is 1. The maximum atomic E-state index is 14.8. The molecule has 3 aliphatic heterocycles. The van der Waals surface area contributed by atoms with Crippen molar-refractivity contribution in [1.82, 2.24) is 15.0 Å². The van der Waals surface area contributed by atoms with Gasteiger partial charge in [-0.1, -0.05) is 5.21 Å². The molecule has 3 saturated heterocycles. The standard InChI is InChI=1S/C18H19F2N5O3/c19-15-5-11(25-10-14(28-18(25)26)9-24-4-3-21-22-24)6-16(20)17(15)23-7-12-1-2-13(8-23)27-12/h3-6,12-14H,1-2,7-10H2. The summed E-state index contributed by atoms with van der Waals surface area (Å²) in [5, 5.41) is 7.53. The summed E-state index contributed by atoms with van der Waals surface area (Å²) in [5.41, 5.74) is 0.0803. The quantitative estimate of drug-likeness (QED) is 0.793. The zero-order valence-electron chi connectivity index (χ0n) is 15.0. The largest absolute Gasteiger partial charge is 0.442 e. The van der Waals surface area contributed by atoms with Crippen LogP contribution in [0.1, 0.15) is 12.8 Å². The molecule has 2 aromatic rings. The van der Waals surface area contributed by atoms with E-state index in [1.165, 1.54) is 23.2 Å². The number of ether oxygens (including phenoxy) is 2. The van der Waals surface area contributed by atoms with Gasteiger partial charge in [0.1, 0.15) is 11.8 Å². The van der Waals surface area contributed by atoms with Crippen LogP contribution in [0.25, 0.3) is 0 Å². The van der Waals surface area contributed by atoms with Gasteiger partial charge in [-0.05, 0) is 12.8 Å². The van der Waals surface area contributed by atoms with Gasteiger partial charge in [-0.25, -0.2) is 18.3 Å². The van der Waals surface area contributed by atoms with E-state index in [1.54, 1.807) is 15.8 Å². The molecule has 4 heterocycles. The SMILES string of the molecule is O=C1OC(Cn2ccnn2)CN1c1cc(F)c(N2CC3CCC(C2)O3)c(F)c1. The molecule has 3 atom stereocenters. The van der Waals surface area contributed by atoms with Crippen molar-refractivity contribution >= 4 is 17.5 Å². The summed E-state index contributed by atoms with van der Waals surface area (Å²) in [6, 6.07) is 2.38. The molecular weight excluding hydrogens is 372 g/mol. The summed E-state index contributed by atoms with van der Waals surface area (Å²) in [6.45, 7) is 1.44. The molecule has 148 valence electrons. The Hall–Kier alpha value is -2.75. The Morgan fingerprint density at radius 3 is 2.46 bits per heavy atom. The average molecular weight is 391 g/mol. The number of hydrogen-bond donors (Lipinski definition) is 0. The molecule has 8 nitrogen and oxygen atoms in total. The van der Waals surface area contributed by atoms with E-state index in [1.807, 2.05) is 0 Å². The molecule has 5 rings (SSSR count). The van der Waals surface area contributed by atoms with Crippen molar-refractivity contribution in [3.63, 3.8) is 0 Å². The third-order valence-electron chi connectivity index (χ3n) is 5.41. The Labute approximate surface area is 159 Å². The van der Waals surface area contributed by atoms with Gasteiger partial charge in [0, 0.05) is 31.4 Å². The van der Waals surface area contributed by atoms with Gasteiger partial charge in [0.15, 0.2) is 11.6 Å². The number of rotatable bonds is 4. The van der Waals surface area contributed by atoms with E-state index in [-0.39, 0.29) is 30.1 Å². The van der Waals surface area contributed by atoms with Crippen molar-refractivity contribution in [2.45, 2.75) is 37.7 Å². The molecule has 0 radical (unpaired) electrons. The minimum Gasteiger partial charge on any atom is -0.442 e.